The minimum Gasteiger partial charge on any atom is -0.486 e. The van der Waals surface area contributed by atoms with Gasteiger partial charge in [-0.15, -0.1) is 0 Å². The molecular formula is C18H21FNO2+. The summed E-state index contributed by atoms with van der Waals surface area (Å²) in [4.78, 5) is 0. The largest absolute Gasteiger partial charge is 0.486 e. The zero-order valence-corrected chi connectivity index (χ0v) is 12.6. The lowest BCUT2D eigenvalue weighted by Gasteiger charge is -2.19. The lowest BCUT2D eigenvalue weighted by atomic mass is 9.99. The summed E-state index contributed by atoms with van der Waals surface area (Å²) in [7, 11) is 0. The van der Waals surface area contributed by atoms with E-state index in [-0.39, 0.29) is 11.9 Å². The molecule has 3 rings (SSSR count). The van der Waals surface area contributed by atoms with Crippen molar-refractivity contribution in [2.45, 2.75) is 25.3 Å². The highest BCUT2D eigenvalue weighted by molar-refractivity contribution is 5.44. The first-order valence-corrected chi connectivity index (χ1v) is 7.69. The Morgan fingerprint density at radius 1 is 1.00 bits per heavy atom. The van der Waals surface area contributed by atoms with E-state index >= 15 is 0 Å². The highest BCUT2D eigenvalue weighted by atomic mass is 19.1. The summed E-state index contributed by atoms with van der Waals surface area (Å²) in [6, 6.07) is 13.0. The zero-order chi connectivity index (χ0) is 15.4. The second-order valence-electron chi connectivity index (χ2n) is 5.62. The van der Waals surface area contributed by atoms with Crippen LogP contribution in [0.15, 0.2) is 42.5 Å². The van der Waals surface area contributed by atoms with Crippen molar-refractivity contribution in [2.75, 3.05) is 13.2 Å². The van der Waals surface area contributed by atoms with E-state index in [0.29, 0.717) is 13.2 Å². The number of hydrogen-bond donors (Lipinski definition) is 1. The van der Waals surface area contributed by atoms with E-state index < -0.39 is 0 Å². The molecule has 0 unspecified atom stereocenters. The number of fused-ring (bicyclic) bond motifs is 1. The van der Waals surface area contributed by atoms with Gasteiger partial charge in [-0.3, -0.25) is 0 Å². The summed E-state index contributed by atoms with van der Waals surface area (Å²) in [5, 5.41) is 0. The number of ether oxygens (including phenoxy) is 2. The van der Waals surface area contributed by atoms with Crippen LogP contribution in [0.1, 0.15) is 30.0 Å². The van der Waals surface area contributed by atoms with Crippen molar-refractivity contribution in [1.29, 1.82) is 0 Å². The summed E-state index contributed by atoms with van der Waals surface area (Å²) in [5.74, 6) is 1.44. The number of hydrogen-bond acceptors (Lipinski definition) is 2. The van der Waals surface area contributed by atoms with E-state index in [4.69, 9.17) is 9.47 Å². The van der Waals surface area contributed by atoms with E-state index in [1.54, 1.807) is 0 Å². The fourth-order valence-corrected chi connectivity index (χ4v) is 2.68. The van der Waals surface area contributed by atoms with Gasteiger partial charge in [-0.2, -0.15) is 0 Å². The Morgan fingerprint density at radius 2 is 1.73 bits per heavy atom. The summed E-state index contributed by atoms with van der Waals surface area (Å²) >= 11 is 0. The van der Waals surface area contributed by atoms with Gasteiger partial charge in [-0.05, 0) is 48.7 Å². The standard InChI is InChI=1S/C18H20FNO2/c19-15-7-4-13(5-8-15)2-1-3-16(20)14-6-9-17-18(12-14)22-11-10-21-17/h4-9,12,16H,1-3,10-11,20H2/p+1/t16-/m1/s1. The highest BCUT2D eigenvalue weighted by Gasteiger charge is 2.16. The van der Waals surface area contributed by atoms with Gasteiger partial charge in [0, 0.05) is 12.0 Å². The molecular weight excluding hydrogens is 281 g/mol. The van der Waals surface area contributed by atoms with E-state index in [9.17, 15) is 4.39 Å². The van der Waals surface area contributed by atoms with Gasteiger partial charge in [0.05, 0.1) is 0 Å². The molecule has 1 aliphatic heterocycles. The zero-order valence-electron chi connectivity index (χ0n) is 12.6. The van der Waals surface area contributed by atoms with Crippen molar-refractivity contribution in [3.63, 3.8) is 0 Å². The molecule has 3 N–H and O–H groups in total. The second-order valence-corrected chi connectivity index (χ2v) is 5.62. The number of benzene rings is 2. The van der Waals surface area contributed by atoms with Crippen LogP contribution in [0.2, 0.25) is 0 Å². The molecule has 0 amide bonds. The Bertz CT molecular complexity index is 627. The molecule has 0 spiro atoms. The van der Waals surface area contributed by atoms with E-state index in [2.05, 4.69) is 11.8 Å². The van der Waals surface area contributed by atoms with Crippen LogP contribution in [0.4, 0.5) is 4.39 Å². The van der Waals surface area contributed by atoms with Gasteiger partial charge in [0.1, 0.15) is 25.1 Å². The van der Waals surface area contributed by atoms with E-state index in [0.717, 1.165) is 36.3 Å². The van der Waals surface area contributed by atoms with Crippen molar-refractivity contribution in [2.24, 2.45) is 0 Å². The van der Waals surface area contributed by atoms with Crippen LogP contribution < -0.4 is 15.2 Å². The van der Waals surface area contributed by atoms with Crippen molar-refractivity contribution in [3.8, 4) is 11.5 Å². The van der Waals surface area contributed by atoms with Crippen molar-refractivity contribution in [3.05, 3.63) is 59.4 Å². The third-order valence-corrected chi connectivity index (χ3v) is 3.97. The summed E-state index contributed by atoms with van der Waals surface area (Å²) in [5.41, 5.74) is 6.58. The molecule has 116 valence electrons. The third kappa shape index (κ3) is 3.57. The molecule has 1 atom stereocenters. The summed E-state index contributed by atoms with van der Waals surface area (Å²) < 4.78 is 24.0. The van der Waals surface area contributed by atoms with E-state index in [1.807, 2.05) is 24.3 Å². The van der Waals surface area contributed by atoms with Crippen LogP contribution >= 0.6 is 0 Å². The number of aryl methyl sites for hydroxylation is 1. The van der Waals surface area contributed by atoms with Crippen LogP contribution in [0.3, 0.4) is 0 Å². The predicted octanol–water partition coefficient (Wildman–Crippen LogP) is 2.90. The minimum atomic E-state index is -0.185. The fourth-order valence-electron chi connectivity index (χ4n) is 2.68. The third-order valence-electron chi connectivity index (χ3n) is 3.97. The molecule has 0 saturated heterocycles. The molecule has 1 heterocycles. The van der Waals surface area contributed by atoms with Crippen molar-refractivity contribution >= 4 is 0 Å². The minimum absolute atomic E-state index is 0.185. The topological polar surface area (TPSA) is 46.1 Å². The Balaban J connectivity index is 1.55. The van der Waals surface area contributed by atoms with Crippen LogP contribution in [-0.4, -0.2) is 13.2 Å². The van der Waals surface area contributed by atoms with Crippen molar-refractivity contribution < 1.29 is 19.6 Å². The van der Waals surface area contributed by atoms with Crippen LogP contribution in [0.5, 0.6) is 11.5 Å². The summed E-state index contributed by atoms with van der Waals surface area (Å²) in [6.07, 6.45) is 2.95. The van der Waals surface area contributed by atoms with Gasteiger partial charge in [0.25, 0.3) is 0 Å². The highest BCUT2D eigenvalue weighted by Crippen LogP contribution is 2.32. The smallest absolute Gasteiger partial charge is 0.161 e. The van der Waals surface area contributed by atoms with Crippen molar-refractivity contribution in [1.82, 2.24) is 0 Å². The lowest BCUT2D eigenvalue weighted by Crippen LogP contribution is -2.53. The quantitative estimate of drug-likeness (QED) is 0.923. The van der Waals surface area contributed by atoms with Gasteiger partial charge >= 0.3 is 0 Å². The molecule has 1 aliphatic rings. The molecule has 4 heteroatoms. The first-order valence-electron chi connectivity index (χ1n) is 7.69. The van der Waals surface area contributed by atoms with Crippen LogP contribution in [0.25, 0.3) is 0 Å². The van der Waals surface area contributed by atoms with Gasteiger partial charge < -0.3 is 15.2 Å². The maximum absolute atomic E-state index is 12.9. The average molecular weight is 302 g/mol. The maximum atomic E-state index is 12.9. The Labute approximate surface area is 129 Å². The fraction of sp³-hybridized carbons (Fsp3) is 0.333. The lowest BCUT2D eigenvalue weighted by molar-refractivity contribution is -0.428. The molecule has 0 radical (unpaired) electrons. The molecule has 0 aromatic heterocycles. The number of halogens is 1. The molecule has 0 fully saturated rings. The Kier molecular flexibility index (Phi) is 4.59. The van der Waals surface area contributed by atoms with Crippen LogP contribution in [-0.2, 0) is 6.42 Å². The SMILES string of the molecule is [NH3+][C@H](CCCc1ccc(F)cc1)c1ccc2c(c1)OCCO2. The maximum Gasteiger partial charge on any atom is 0.161 e. The van der Waals surface area contributed by atoms with Gasteiger partial charge in [-0.25, -0.2) is 4.39 Å². The normalized spacial score (nSPS) is 14.6. The molecule has 3 nitrogen and oxygen atoms in total. The number of quaternary nitrogens is 1. The molecule has 2 aromatic carbocycles. The van der Waals surface area contributed by atoms with Gasteiger partial charge in [-0.1, -0.05) is 12.1 Å². The first kappa shape index (κ1) is 14.9. The Morgan fingerprint density at radius 3 is 2.50 bits per heavy atom. The Hall–Kier alpha value is -2.07. The van der Waals surface area contributed by atoms with Crippen LogP contribution in [0, 0.1) is 5.82 Å². The van der Waals surface area contributed by atoms with E-state index in [1.165, 1.54) is 17.7 Å². The molecule has 22 heavy (non-hydrogen) atoms. The van der Waals surface area contributed by atoms with Gasteiger partial charge in [0.2, 0.25) is 0 Å². The summed E-state index contributed by atoms with van der Waals surface area (Å²) in [6.45, 7) is 1.21. The van der Waals surface area contributed by atoms with Gasteiger partial charge in [0.15, 0.2) is 11.5 Å². The molecule has 0 bridgehead atoms. The predicted molar refractivity (Wildman–Crippen MR) is 82.4 cm³/mol. The second kappa shape index (κ2) is 6.79. The molecule has 0 saturated carbocycles. The monoisotopic (exact) mass is 302 g/mol. The average Bonchev–Trinajstić information content (AvgIpc) is 2.56. The molecule has 2 aromatic rings. The number of rotatable bonds is 5. The molecule has 0 aliphatic carbocycles. The first-order chi connectivity index (χ1) is 10.7.